The summed E-state index contributed by atoms with van der Waals surface area (Å²) in [7, 11) is 0. The lowest BCUT2D eigenvalue weighted by atomic mass is 10.2. The third kappa shape index (κ3) is 4.11. The van der Waals surface area contributed by atoms with Crippen molar-refractivity contribution in [1.82, 2.24) is 19.6 Å². The van der Waals surface area contributed by atoms with Gasteiger partial charge >= 0.3 is 5.97 Å². The SMILES string of the molecule is Cc1cnn(CCC(=O)Nc2cccc(-n3ccc(C(=O)O)n3)c2)c1. The van der Waals surface area contributed by atoms with Crippen LogP contribution in [0, 0.1) is 6.92 Å². The molecule has 0 saturated heterocycles. The predicted octanol–water partition coefficient (Wildman–Crippen LogP) is 2.10. The summed E-state index contributed by atoms with van der Waals surface area (Å²) in [6, 6.07) is 8.46. The Hall–Kier alpha value is -3.42. The molecule has 0 aliphatic rings. The number of benzene rings is 1. The molecule has 1 aromatic carbocycles. The standard InChI is InChI=1S/C17H17N5O3/c1-12-10-18-21(11-12)7-6-16(23)19-13-3-2-4-14(9-13)22-8-5-15(20-22)17(24)25/h2-5,8-11H,6-7H2,1H3,(H,19,23)(H,24,25). The molecule has 0 aliphatic heterocycles. The van der Waals surface area contributed by atoms with Crippen LogP contribution in [-0.4, -0.2) is 36.5 Å². The molecule has 2 heterocycles. The molecule has 0 fully saturated rings. The van der Waals surface area contributed by atoms with Gasteiger partial charge in [-0.2, -0.15) is 10.2 Å². The third-order valence-corrected chi connectivity index (χ3v) is 3.53. The van der Waals surface area contributed by atoms with Crippen molar-refractivity contribution in [3.63, 3.8) is 0 Å². The summed E-state index contributed by atoms with van der Waals surface area (Å²) in [5.74, 6) is -1.21. The summed E-state index contributed by atoms with van der Waals surface area (Å²) >= 11 is 0. The second-order valence-corrected chi connectivity index (χ2v) is 5.58. The number of carboxylic acids is 1. The zero-order valence-corrected chi connectivity index (χ0v) is 13.6. The number of nitrogens with one attached hydrogen (secondary N) is 1. The van der Waals surface area contributed by atoms with Gasteiger partial charge in [0.15, 0.2) is 5.69 Å². The first-order valence-corrected chi connectivity index (χ1v) is 7.69. The summed E-state index contributed by atoms with van der Waals surface area (Å²) in [5.41, 5.74) is 2.29. The molecule has 0 spiro atoms. The van der Waals surface area contributed by atoms with E-state index in [2.05, 4.69) is 15.5 Å². The van der Waals surface area contributed by atoms with Gasteiger partial charge in [-0.1, -0.05) is 6.07 Å². The average molecular weight is 339 g/mol. The molecule has 0 atom stereocenters. The molecule has 0 radical (unpaired) electrons. The van der Waals surface area contributed by atoms with E-state index in [1.165, 1.54) is 10.7 Å². The van der Waals surface area contributed by atoms with Crippen LogP contribution in [-0.2, 0) is 11.3 Å². The van der Waals surface area contributed by atoms with Crippen LogP contribution in [0.15, 0.2) is 48.9 Å². The van der Waals surface area contributed by atoms with Crippen LogP contribution in [0.1, 0.15) is 22.5 Å². The lowest BCUT2D eigenvalue weighted by Crippen LogP contribution is -2.15. The second kappa shape index (κ2) is 7.00. The first-order valence-electron chi connectivity index (χ1n) is 7.69. The fourth-order valence-corrected chi connectivity index (χ4v) is 2.34. The van der Waals surface area contributed by atoms with E-state index >= 15 is 0 Å². The fourth-order valence-electron chi connectivity index (χ4n) is 2.34. The number of anilines is 1. The van der Waals surface area contributed by atoms with Gasteiger partial charge in [0, 0.05) is 31.0 Å². The first kappa shape index (κ1) is 16.4. The topological polar surface area (TPSA) is 102 Å². The van der Waals surface area contributed by atoms with Crippen molar-refractivity contribution in [2.24, 2.45) is 0 Å². The van der Waals surface area contributed by atoms with E-state index in [0.717, 1.165) is 5.56 Å². The van der Waals surface area contributed by atoms with Crippen LogP contribution in [0.4, 0.5) is 5.69 Å². The van der Waals surface area contributed by atoms with Gasteiger partial charge < -0.3 is 10.4 Å². The number of aryl methyl sites for hydroxylation is 2. The maximum absolute atomic E-state index is 12.1. The Morgan fingerprint density at radius 2 is 2.12 bits per heavy atom. The lowest BCUT2D eigenvalue weighted by Gasteiger charge is -2.08. The third-order valence-electron chi connectivity index (χ3n) is 3.53. The molecule has 3 aromatic rings. The molecule has 3 rings (SSSR count). The number of aromatic nitrogens is 4. The Morgan fingerprint density at radius 1 is 1.28 bits per heavy atom. The highest BCUT2D eigenvalue weighted by atomic mass is 16.4. The van der Waals surface area contributed by atoms with E-state index in [9.17, 15) is 9.59 Å². The van der Waals surface area contributed by atoms with Crippen molar-refractivity contribution in [1.29, 1.82) is 0 Å². The van der Waals surface area contributed by atoms with Crippen LogP contribution in [0.3, 0.4) is 0 Å². The Labute approximate surface area is 143 Å². The largest absolute Gasteiger partial charge is 0.476 e. The summed E-state index contributed by atoms with van der Waals surface area (Å²) in [6.45, 7) is 2.45. The zero-order valence-electron chi connectivity index (χ0n) is 13.6. The van der Waals surface area contributed by atoms with Gasteiger partial charge in [-0.25, -0.2) is 9.48 Å². The molecule has 25 heavy (non-hydrogen) atoms. The normalized spacial score (nSPS) is 10.6. The number of carbonyl (C=O) groups excluding carboxylic acids is 1. The second-order valence-electron chi connectivity index (χ2n) is 5.58. The number of nitrogens with zero attached hydrogens (tertiary/aromatic N) is 4. The predicted molar refractivity (Wildman–Crippen MR) is 90.7 cm³/mol. The number of rotatable bonds is 6. The van der Waals surface area contributed by atoms with Crippen LogP contribution >= 0.6 is 0 Å². The van der Waals surface area contributed by atoms with Crippen LogP contribution in [0.5, 0.6) is 0 Å². The monoisotopic (exact) mass is 339 g/mol. The van der Waals surface area contributed by atoms with Gasteiger partial charge in [0.2, 0.25) is 5.91 Å². The minimum absolute atomic E-state index is 0.0380. The quantitative estimate of drug-likeness (QED) is 0.716. The molecule has 2 aromatic heterocycles. The zero-order chi connectivity index (χ0) is 17.8. The molecule has 0 saturated carbocycles. The molecule has 8 heteroatoms. The highest BCUT2D eigenvalue weighted by molar-refractivity contribution is 5.91. The van der Waals surface area contributed by atoms with Gasteiger partial charge in [-0.15, -0.1) is 0 Å². The Balaban J connectivity index is 1.64. The minimum Gasteiger partial charge on any atom is -0.476 e. The summed E-state index contributed by atoms with van der Waals surface area (Å²) in [6.07, 6.45) is 5.49. The Morgan fingerprint density at radius 3 is 2.80 bits per heavy atom. The fraction of sp³-hybridized carbons (Fsp3) is 0.176. The van der Waals surface area contributed by atoms with Crippen LogP contribution in [0.2, 0.25) is 0 Å². The van der Waals surface area contributed by atoms with Crippen molar-refractivity contribution in [3.8, 4) is 5.69 Å². The minimum atomic E-state index is -1.09. The van der Waals surface area contributed by atoms with Gasteiger partial charge in [0.25, 0.3) is 0 Å². The number of carboxylic acid groups (broad SMARTS) is 1. The summed E-state index contributed by atoms with van der Waals surface area (Å²) < 4.78 is 3.17. The van der Waals surface area contributed by atoms with E-state index in [1.54, 1.807) is 41.3 Å². The maximum atomic E-state index is 12.1. The molecule has 0 aliphatic carbocycles. The Bertz CT molecular complexity index is 912. The van der Waals surface area contributed by atoms with Crippen LogP contribution < -0.4 is 5.32 Å². The van der Waals surface area contributed by atoms with E-state index in [-0.39, 0.29) is 11.6 Å². The smallest absolute Gasteiger partial charge is 0.356 e. The van der Waals surface area contributed by atoms with E-state index in [4.69, 9.17) is 5.11 Å². The molecule has 0 unspecified atom stereocenters. The average Bonchev–Trinajstić information content (AvgIpc) is 3.22. The summed E-state index contributed by atoms with van der Waals surface area (Å²) in [5, 5.41) is 19.9. The van der Waals surface area contributed by atoms with Crippen molar-refractivity contribution >= 4 is 17.6 Å². The number of hydrogen-bond donors (Lipinski definition) is 2. The molecule has 1 amide bonds. The van der Waals surface area contributed by atoms with Gasteiger partial charge in [-0.3, -0.25) is 9.48 Å². The maximum Gasteiger partial charge on any atom is 0.356 e. The molecule has 2 N–H and O–H groups in total. The Kier molecular flexibility index (Phi) is 4.60. The highest BCUT2D eigenvalue weighted by Crippen LogP contribution is 2.15. The van der Waals surface area contributed by atoms with Gasteiger partial charge in [0.05, 0.1) is 11.9 Å². The number of hydrogen-bond acceptors (Lipinski definition) is 4. The molecular formula is C17H17N5O3. The van der Waals surface area contributed by atoms with E-state index in [1.807, 2.05) is 13.1 Å². The molecule has 0 bridgehead atoms. The van der Waals surface area contributed by atoms with Crippen LogP contribution in [0.25, 0.3) is 5.69 Å². The lowest BCUT2D eigenvalue weighted by molar-refractivity contribution is -0.116. The van der Waals surface area contributed by atoms with Gasteiger partial charge in [-0.05, 0) is 36.8 Å². The number of carbonyl (C=O) groups is 2. The molecular weight excluding hydrogens is 322 g/mol. The van der Waals surface area contributed by atoms with Crippen molar-refractivity contribution < 1.29 is 14.7 Å². The molecule has 8 nitrogen and oxygen atoms in total. The van der Waals surface area contributed by atoms with E-state index < -0.39 is 5.97 Å². The van der Waals surface area contributed by atoms with Crippen molar-refractivity contribution in [2.45, 2.75) is 19.9 Å². The summed E-state index contributed by atoms with van der Waals surface area (Å²) in [4.78, 5) is 23.0. The number of amides is 1. The number of aromatic carboxylic acids is 1. The first-order chi connectivity index (χ1) is 12.0. The highest BCUT2D eigenvalue weighted by Gasteiger charge is 2.09. The van der Waals surface area contributed by atoms with Gasteiger partial charge in [0.1, 0.15) is 0 Å². The molecule has 128 valence electrons. The van der Waals surface area contributed by atoms with E-state index in [0.29, 0.717) is 24.3 Å². The van der Waals surface area contributed by atoms with Crippen molar-refractivity contribution in [3.05, 3.63) is 60.2 Å². The van der Waals surface area contributed by atoms with Crippen molar-refractivity contribution in [2.75, 3.05) is 5.32 Å².